The van der Waals surface area contributed by atoms with Crippen LogP contribution in [0.15, 0.2) is 46.6 Å². The number of hydrogen-bond acceptors (Lipinski definition) is 7. The summed E-state index contributed by atoms with van der Waals surface area (Å²) in [5.74, 6) is 0.526. The van der Waals surface area contributed by atoms with Gasteiger partial charge in [0.05, 0.1) is 29.8 Å². The van der Waals surface area contributed by atoms with E-state index in [1.54, 1.807) is 23.2 Å². The van der Waals surface area contributed by atoms with Crippen molar-refractivity contribution in [3.63, 3.8) is 0 Å². The lowest BCUT2D eigenvalue weighted by atomic mass is 10.0. The normalized spacial score (nSPS) is 21.1. The molecule has 1 saturated heterocycles. The topological polar surface area (TPSA) is 94.8 Å². The monoisotopic (exact) mass is 508 g/mol. The van der Waals surface area contributed by atoms with Crippen molar-refractivity contribution in [3.05, 3.63) is 69.1 Å². The molecule has 0 aromatic carbocycles. The lowest BCUT2D eigenvalue weighted by Gasteiger charge is -2.32. The molecular formula is C27H33ClN6O2. The highest BCUT2D eigenvalue weighted by Gasteiger charge is 2.25. The fraction of sp³-hybridized carbons (Fsp3) is 0.444. The van der Waals surface area contributed by atoms with Gasteiger partial charge in [-0.15, -0.1) is 0 Å². The van der Waals surface area contributed by atoms with Crippen LogP contribution in [0.5, 0.6) is 0 Å². The van der Waals surface area contributed by atoms with E-state index < -0.39 is 0 Å². The van der Waals surface area contributed by atoms with E-state index in [0.29, 0.717) is 35.2 Å². The molecule has 1 fully saturated rings. The molecule has 4 rings (SSSR count). The van der Waals surface area contributed by atoms with Crippen molar-refractivity contribution in [3.8, 4) is 0 Å². The first kappa shape index (κ1) is 26.0. The Morgan fingerprint density at radius 3 is 2.64 bits per heavy atom. The maximum Gasteiger partial charge on any atom is 0.255 e. The van der Waals surface area contributed by atoms with E-state index in [4.69, 9.17) is 21.3 Å². The van der Waals surface area contributed by atoms with Crippen molar-refractivity contribution in [2.45, 2.75) is 78.7 Å². The number of ether oxygens (including phenoxy) is 1. The molecule has 0 bridgehead atoms. The van der Waals surface area contributed by atoms with Crippen molar-refractivity contribution < 1.29 is 4.74 Å². The van der Waals surface area contributed by atoms with Crippen LogP contribution in [0.1, 0.15) is 57.5 Å². The highest BCUT2D eigenvalue weighted by molar-refractivity contribution is 6.30. The third kappa shape index (κ3) is 5.99. The lowest BCUT2D eigenvalue weighted by Crippen LogP contribution is -2.37. The smallest absolute Gasteiger partial charge is 0.255 e. The molecular weight excluding hydrogens is 476 g/mol. The first-order chi connectivity index (χ1) is 17.3. The van der Waals surface area contributed by atoms with E-state index in [-0.39, 0.29) is 23.8 Å². The third-order valence-corrected chi connectivity index (χ3v) is 6.52. The molecule has 0 saturated carbocycles. The Balaban J connectivity index is 1.61. The largest absolute Gasteiger partial charge is 0.375 e. The number of pyridine rings is 1. The molecule has 1 aliphatic rings. The number of fused-ring (bicyclic) bond motifs is 1. The second-order valence-corrected chi connectivity index (χ2v) is 9.80. The Hall–Kier alpha value is -3.10. The zero-order valence-electron chi connectivity index (χ0n) is 21.5. The van der Waals surface area contributed by atoms with Gasteiger partial charge in [-0.3, -0.25) is 14.3 Å². The summed E-state index contributed by atoms with van der Waals surface area (Å²) in [6, 6.07) is 2.06. The van der Waals surface area contributed by atoms with E-state index in [1.807, 2.05) is 39.0 Å². The summed E-state index contributed by atoms with van der Waals surface area (Å²) in [5, 5.41) is 4.77. The molecule has 2 unspecified atom stereocenters. The van der Waals surface area contributed by atoms with Crippen LogP contribution >= 0.6 is 11.6 Å². The minimum Gasteiger partial charge on any atom is -0.375 e. The van der Waals surface area contributed by atoms with E-state index >= 15 is 0 Å². The van der Waals surface area contributed by atoms with Crippen LogP contribution in [0.3, 0.4) is 0 Å². The molecule has 0 aliphatic carbocycles. The highest BCUT2D eigenvalue weighted by Crippen LogP contribution is 2.23. The lowest BCUT2D eigenvalue weighted by molar-refractivity contribution is -0.0338. The van der Waals surface area contributed by atoms with E-state index in [1.165, 1.54) is 0 Å². The molecule has 36 heavy (non-hydrogen) atoms. The number of allylic oxidation sites excluding steroid dienone is 4. The second kappa shape index (κ2) is 11.3. The van der Waals surface area contributed by atoms with Crippen LogP contribution in [-0.2, 0) is 17.7 Å². The van der Waals surface area contributed by atoms with Gasteiger partial charge < -0.3 is 10.1 Å². The van der Waals surface area contributed by atoms with Gasteiger partial charge in [0.25, 0.3) is 5.56 Å². The maximum atomic E-state index is 13.3. The molecule has 9 heteroatoms. The highest BCUT2D eigenvalue weighted by atomic mass is 35.5. The molecule has 3 aromatic rings. The molecule has 0 radical (unpaired) electrons. The Morgan fingerprint density at radius 1 is 1.22 bits per heavy atom. The van der Waals surface area contributed by atoms with E-state index in [2.05, 4.69) is 34.1 Å². The predicted octanol–water partition coefficient (Wildman–Crippen LogP) is 5.05. The van der Waals surface area contributed by atoms with Crippen molar-refractivity contribution in [1.29, 1.82) is 0 Å². The average Bonchev–Trinajstić information content (AvgIpc) is 2.82. The van der Waals surface area contributed by atoms with Crippen molar-refractivity contribution in [2.75, 3.05) is 5.32 Å². The predicted molar refractivity (Wildman–Crippen MR) is 144 cm³/mol. The molecule has 0 amide bonds. The quantitative estimate of drug-likeness (QED) is 0.446. The van der Waals surface area contributed by atoms with Crippen LogP contribution in [0.2, 0.25) is 0 Å². The minimum absolute atomic E-state index is 0.105. The molecule has 3 aromatic heterocycles. The molecule has 190 valence electrons. The van der Waals surface area contributed by atoms with E-state index in [0.717, 1.165) is 35.2 Å². The number of halogens is 1. The summed E-state index contributed by atoms with van der Waals surface area (Å²) in [6.07, 6.45) is 11.4. The summed E-state index contributed by atoms with van der Waals surface area (Å²) in [6.45, 7) is 10.4. The summed E-state index contributed by atoms with van der Waals surface area (Å²) in [4.78, 5) is 31.3. The number of nitrogens with zero attached hydrogens (tertiary/aromatic N) is 5. The standard InChI is InChI=1S/C27H33ClN6O2/c1-6-19(24-15-29-13-16(3)31-24)11-22(28)12-20-10-21-14-30-27(33-25(21)34(7-2)26(20)35)32-23-8-17(4)36-18(5)9-23/h6,10-11,13-15,17-18,23H,7-9,12H2,1-5H3,(H,30,32,33). The Labute approximate surface area is 216 Å². The maximum absolute atomic E-state index is 13.3. The van der Waals surface area contributed by atoms with Gasteiger partial charge in [-0.1, -0.05) is 17.7 Å². The third-order valence-electron chi connectivity index (χ3n) is 6.28. The molecule has 0 spiro atoms. The summed E-state index contributed by atoms with van der Waals surface area (Å²) < 4.78 is 7.51. The first-order valence-electron chi connectivity index (χ1n) is 12.4. The van der Waals surface area contributed by atoms with E-state index in [9.17, 15) is 4.79 Å². The van der Waals surface area contributed by atoms with Crippen LogP contribution in [0.4, 0.5) is 5.95 Å². The summed E-state index contributed by atoms with van der Waals surface area (Å²) in [7, 11) is 0. The van der Waals surface area contributed by atoms with Gasteiger partial charge in [-0.25, -0.2) is 9.97 Å². The zero-order valence-corrected chi connectivity index (χ0v) is 22.2. The minimum atomic E-state index is -0.105. The molecule has 2 atom stereocenters. The fourth-order valence-electron chi connectivity index (χ4n) is 4.72. The van der Waals surface area contributed by atoms with Gasteiger partial charge in [0, 0.05) is 47.4 Å². The van der Waals surface area contributed by atoms with Gasteiger partial charge >= 0.3 is 0 Å². The van der Waals surface area contributed by atoms with Gasteiger partial charge in [0.15, 0.2) is 0 Å². The van der Waals surface area contributed by atoms with Crippen molar-refractivity contribution in [2.24, 2.45) is 0 Å². The van der Waals surface area contributed by atoms with Crippen LogP contribution in [-0.4, -0.2) is 42.8 Å². The second-order valence-electron chi connectivity index (χ2n) is 9.32. The average molecular weight is 509 g/mol. The molecule has 4 heterocycles. The Bertz CT molecular complexity index is 1360. The number of rotatable bonds is 7. The molecule has 8 nitrogen and oxygen atoms in total. The van der Waals surface area contributed by atoms with Crippen LogP contribution in [0, 0.1) is 6.92 Å². The van der Waals surface area contributed by atoms with Gasteiger partial charge in [-0.2, -0.15) is 4.98 Å². The fourth-order valence-corrected chi connectivity index (χ4v) is 4.99. The van der Waals surface area contributed by atoms with Crippen molar-refractivity contribution >= 4 is 34.2 Å². The molecule has 1 aliphatic heterocycles. The Kier molecular flexibility index (Phi) is 8.16. The van der Waals surface area contributed by atoms with Gasteiger partial charge in [0.2, 0.25) is 5.95 Å². The number of nitrogens with one attached hydrogen (secondary N) is 1. The van der Waals surface area contributed by atoms with Gasteiger partial charge in [0.1, 0.15) is 5.65 Å². The molecule has 1 N–H and O–H groups in total. The Morgan fingerprint density at radius 2 is 1.97 bits per heavy atom. The summed E-state index contributed by atoms with van der Waals surface area (Å²) in [5.41, 5.74) is 3.51. The number of anilines is 1. The SMILES string of the molecule is CC=C(C=C(Cl)Cc1cc2cnc(NC3CC(C)OC(C)C3)nc2n(CC)c1=O)c1cncc(C)n1. The zero-order chi connectivity index (χ0) is 25.8. The number of hydrogen-bond donors (Lipinski definition) is 1. The number of aryl methyl sites for hydroxylation is 2. The summed E-state index contributed by atoms with van der Waals surface area (Å²) >= 11 is 6.63. The van der Waals surface area contributed by atoms with Crippen LogP contribution in [0.25, 0.3) is 16.6 Å². The van der Waals surface area contributed by atoms with Crippen molar-refractivity contribution in [1.82, 2.24) is 24.5 Å². The van der Waals surface area contributed by atoms with Gasteiger partial charge in [-0.05, 0) is 65.2 Å². The van der Waals surface area contributed by atoms with Crippen LogP contribution < -0.4 is 10.9 Å². The first-order valence-corrected chi connectivity index (χ1v) is 12.8. The number of aromatic nitrogens is 5.